The van der Waals surface area contributed by atoms with Gasteiger partial charge in [0.2, 0.25) is 10.0 Å². The number of esters is 1. The van der Waals surface area contributed by atoms with Gasteiger partial charge in [-0.15, -0.1) is 0 Å². The molecule has 0 amide bonds. The highest BCUT2D eigenvalue weighted by atomic mass is 35.5. The van der Waals surface area contributed by atoms with Gasteiger partial charge in [-0.1, -0.05) is 18.5 Å². The molecule has 0 saturated carbocycles. The van der Waals surface area contributed by atoms with Gasteiger partial charge in [-0.05, 0) is 31.0 Å². The molecule has 100 valence electrons. The maximum absolute atomic E-state index is 11.6. The number of benzene rings is 1. The van der Waals surface area contributed by atoms with Crippen LogP contribution in [0.3, 0.4) is 0 Å². The van der Waals surface area contributed by atoms with Crippen molar-refractivity contribution < 1.29 is 17.9 Å². The predicted molar refractivity (Wildman–Crippen MR) is 68.1 cm³/mol. The molecule has 1 rings (SSSR count). The Kier molecular flexibility index (Phi) is 4.72. The third-order valence-electron chi connectivity index (χ3n) is 2.28. The highest BCUT2D eigenvalue weighted by molar-refractivity contribution is 7.89. The molecule has 0 aliphatic rings. The van der Waals surface area contributed by atoms with Gasteiger partial charge in [0.05, 0.1) is 17.1 Å². The molecule has 0 radical (unpaired) electrons. The van der Waals surface area contributed by atoms with Gasteiger partial charge in [0.25, 0.3) is 0 Å². The van der Waals surface area contributed by atoms with Gasteiger partial charge in [-0.25, -0.2) is 18.4 Å². The highest BCUT2D eigenvalue weighted by Crippen LogP contribution is 2.25. The van der Waals surface area contributed by atoms with Crippen LogP contribution >= 0.6 is 11.6 Å². The molecule has 0 saturated heterocycles. The minimum atomic E-state index is -3.92. The Labute approximate surface area is 111 Å². The standard InChI is InChI=1S/C11H14ClNO4S/c1-3-4-17-11(14)8-5-9(12)7(2)10(6-8)18(13,15)16/h5-6H,3-4H2,1-2H3,(H2,13,15,16). The van der Waals surface area contributed by atoms with Gasteiger partial charge in [0.15, 0.2) is 0 Å². The lowest BCUT2D eigenvalue weighted by atomic mass is 10.1. The molecule has 0 aromatic heterocycles. The number of carbonyl (C=O) groups excluding carboxylic acids is 1. The van der Waals surface area contributed by atoms with Crippen LogP contribution in [-0.2, 0) is 14.8 Å². The van der Waals surface area contributed by atoms with Crippen LogP contribution in [-0.4, -0.2) is 21.0 Å². The van der Waals surface area contributed by atoms with E-state index in [0.717, 1.165) is 0 Å². The van der Waals surface area contributed by atoms with Gasteiger partial charge in [-0.2, -0.15) is 0 Å². The normalized spacial score (nSPS) is 11.3. The van der Waals surface area contributed by atoms with Crippen LogP contribution in [0.25, 0.3) is 0 Å². The largest absolute Gasteiger partial charge is 0.462 e. The Hall–Kier alpha value is -1.11. The summed E-state index contributed by atoms with van der Waals surface area (Å²) in [6, 6.07) is 2.54. The number of rotatable bonds is 4. The van der Waals surface area contributed by atoms with Gasteiger partial charge < -0.3 is 4.74 Å². The molecule has 0 heterocycles. The van der Waals surface area contributed by atoms with Gasteiger partial charge in [-0.3, -0.25) is 0 Å². The molecule has 1 aromatic rings. The Morgan fingerprint density at radius 2 is 2.06 bits per heavy atom. The van der Waals surface area contributed by atoms with Crippen molar-refractivity contribution in [1.29, 1.82) is 0 Å². The Bertz CT molecular complexity index is 569. The first-order valence-electron chi connectivity index (χ1n) is 5.27. The number of halogens is 1. The molecule has 0 bridgehead atoms. The average Bonchev–Trinajstić information content (AvgIpc) is 2.27. The van der Waals surface area contributed by atoms with E-state index in [1.807, 2.05) is 6.92 Å². The van der Waals surface area contributed by atoms with Gasteiger partial charge in [0.1, 0.15) is 0 Å². The zero-order valence-corrected chi connectivity index (χ0v) is 11.6. The number of hydrogen-bond donors (Lipinski definition) is 1. The van der Waals surface area contributed by atoms with E-state index in [4.69, 9.17) is 21.5 Å². The summed E-state index contributed by atoms with van der Waals surface area (Å²) < 4.78 is 27.6. The summed E-state index contributed by atoms with van der Waals surface area (Å²) in [5.41, 5.74) is 0.384. The Balaban J connectivity index is 3.25. The third-order valence-corrected chi connectivity index (χ3v) is 3.71. The van der Waals surface area contributed by atoms with E-state index < -0.39 is 16.0 Å². The second-order valence-corrected chi connectivity index (χ2v) is 5.70. The first-order chi connectivity index (χ1) is 8.27. The molecule has 0 atom stereocenters. The van der Waals surface area contributed by atoms with Crippen LogP contribution in [0.2, 0.25) is 5.02 Å². The molecular weight excluding hydrogens is 278 g/mol. The third kappa shape index (κ3) is 3.44. The van der Waals surface area contributed by atoms with Crippen molar-refractivity contribution in [2.75, 3.05) is 6.61 Å². The minimum absolute atomic E-state index is 0.0723. The average molecular weight is 292 g/mol. The van der Waals surface area contributed by atoms with Crippen molar-refractivity contribution in [2.24, 2.45) is 5.14 Å². The number of nitrogens with two attached hydrogens (primary N) is 1. The summed E-state index contributed by atoms with van der Waals surface area (Å²) >= 11 is 5.88. The highest BCUT2D eigenvalue weighted by Gasteiger charge is 2.18. The summed E-state index contributed by atoms with van der Waals surface area (Å²) in [5, 5.41) is 5.21. The predicted octanol–water partition coefficient (Wildman–Crippen LogP) is 1.86. The summed E-state index contributed by atoms with van der Waals surface area (Å²) in [7, 11) is -3.92. The van der Waals surface area contributed by atoms with E-state index in [1.54, 1.807) is 0 Å². The van der Waals surface area contributed by atoms with Crippen LogP contribution in [0.4, 0.5) is 0 Å². The number of ether oxygens (including phenoxy) is 1. The van der Waals surface area contributed by atoms with E-state index in [1.165, 1.54) is 19.1 Å². The monoisotopic (exact) mass is 291 g/mol. The number of sulfonamides is 1. The van der Waals surface area contributed by atoms with Crippen molar-refractivity contribution >= 4 is 27.6 Å². The molecule has 7 heteroatoms. The maximum atomic E-state index is 11.6. The van der Waals surface area contributed by atoms with Crippen molar-refractivity contribution in [3.8, 4) is 0 Å². The summed E-state index contributed by atoms with van der Waals surface area (Å²) in [6.07, 6.45) is 0.674. The maximum Gasteiger partial charge on any atom is 0.338 e. The Morgan fingerprint density at radius 3 is 2.56 bits per heavy atom. The van der Waals surface area contributed by atoms with Crippen LogP contribution in [0, 0.1) is 6.92 Å². The molecule has 0 unspecified atom stereocenters. The van der Waals surface area contributed by atoms with Crippen molar-refractivity contribution in [3.05, 3.63) is 28.3 Å². The lowest BCUT2D eigenvalue weighted by Crippen LogP contribution is -2.15. The molecular formula is C11H14ClNO4S. The van der Waals surface area contributed by atoms with Crippen molar-refractivity contribution in [2.45, 2.75) is 25.2 Å². The van der Waals surface area contributed by atoms with Crippen molar-refractivity contribution in [3.63, 3.8) is 0 Å². The van der Waals surface area contributed by atoms with Crippen LogP contribution in [0.5, 0.6) is 0 Å². The molecule has 2 N–H and O–H groups in total. The molecule has 5 nitrogen and oxygen atoms in total. The fourth-order valence-electron chi connectivity index (χ4n) is 1.35. The van der Waals surface area contributed by atoms with Gasteiger partial charge >= 0.3 is 5.97 Å². The molecule has 0 aliphatic heterocycles. The van der Waals surface area contributed by atoms with E-state index in [9.17, 15) is 13.2 Å². The first-order valence-corrected chi connectivity index (χ1v) is 7.20. The lowest BCUT2D eigenvalue weighted by Gasteiger charge is -2.09. The molecule has 0 fully saturated rings. The zero-order valence-electron chi connectivity index (χ0n) is 10.1. The van der Waals surface area contributed by atoms with Gasteiger partial charge in [0, 0.05) is 5.02 Å². The summed E-state index contributed by atoms with van der Waals surface area (Å²) in [6.45, 7) is 3.63. The fourth-order valence-corrected chi connectivity index (χ4v) is 2.45. The van der Waals surface area contributed by atoms with E-state index in [-0.39, 0.29) is 22.1 Å². The summed E-state index contributed by atoms with van der Waals surface area (Å²) in [4.78, 5) is 11.5. The second-order valence-electron chi connectivity index (χ2n) is 3.76. The quantitative estimate of drug-likeness (QED) is 0.858. The molecule has 18 heavy (non-hydrogen) atoms. The Morgan fingerprint density at radius 1 is 1.44 bits per heavy atom. The van der Waals surface area contributed by atoms with Crippen LogP contribution < -0.4 is 5.14 Å². The second kappa shape index (κ2) is 5.69. The van der Waals surface area contributed by atoms with Crippen LogP contribution in [0.1, 0.15) is 29.3 Å². The lowest BCUT2D eigenvalue weighted by molar-refractivity contribution is 0.0505. The minimum Gasteiger partial charge on any atom is -0.462 e. The molecule has 0 aliphatic carbocycles. The molecule has 0 spiro atoms. The number of hydrogen-bond acceptors (Lipinski definition) is 4. The van der Waals surface area contributed by atoms with E-state index >= 15 is 0 Å². The van der Waals surface area contributed by atoms with E-state index in [2.05, 4.69) is 0 Å². The SMILES string of the molecule is CCCOC(=O)c1cc(Cl)c(C)c(S(N)(=O)=O)c1. The van der Waals surface area contributed by atoms with Crippen molar-refractivity contribution in [1.82, 2.24) is 0 Å². The van der Waals surface area contributed by atoms with Crippen LogP contribution in [0.15, 0.2) is 17.0 Å². The topological polar surface area (TPSA) is 86.5 Å². The van der Waals surface area contributed by atoms with E-state index in [0.29, 0.717) is 12.0 Å². The first kappa shape index (κ1) is 14.9. The fraction of sp³-hybridized carbons (Fsp3) is 0.364. The smallest absolute Gasteiger partial charge is 0.338 e. The zero-order chi connectivity index (χ0) is 13.9. The number of primary sulfonamides is 1. The summed E-state index contributed by atoms with van der Waals surface area (Å²) in [5.74, 6) is -0.622. The molecule has 1 aromatic carbocycles. The number of carbonyl (C=O) groups is 1.